The van der Waals surface area contributed by atoms with Crippen molar-refractivity contribution in [3.8, 4) is 34.4 Å². The van der Waals surface area contributed by atoms with Crippen LogP contribution in [0.3, 0.4) is 0 Å². The van der Waals surface area contributed by atoms with Gasteiger partial charge in [0.2, 0.25) is 0 Å². The molecule has 10 nitrogen and oxygen atoms in total. The summed E-state index contributed by atoms with van der Waals surface area (Å²) in [6.07, 6.45) is -0.469. The molecule has 4 aromatic rings. The molecule has 0 fully saturated rings. The maximum atomic E-state index is 11.5. The van der Waals surface area contributed by atoms with E-state index < -0.39 is 11.7 Å². The molecule has 40 heavy (non-hydrogen) atoms. The summed E-state index contributed by atoms with van der Waals surface area (Å²) in [7, 11) is 0. The second-order valence-corrected chi connectivity index (χ2v) is 9.53. The Labute approximate surface area is 240 Å². The largest absolute Gasteiger partial charge is 0.474 e. The monoisotopic (exact) mass is 572 g/mol. The number of amides is 1. The molecule has 3 N–H and O–H groups in total. The quantitative estimate of drug-likeness (QED) is 0.233. The molecule has 0 aliphatic heterocycles. The first-order valence-electron chi connectivity index (χ1n) is 12.7. The Morgan fingerprint density at radius 2 is 1.27 bits per heavy atom. The van der Waals surface area contributed by atoms with Gasteiger partial charge in [0, 0.05) is 17.7 Å². The number of hydrogen-bond donors (Lipinski definition) is 2. The number of benzene rings is 2. The van der Waals surface area contributed by atoms with E-state index in [1.54, 1.807) is 0 Å². The second kappa shape index (κ2) is 15.5. The fourth-order valence-electron chi connectivity index (χ4n) is 3.40. The molecule has 0 atom stereocenters. The molecular weight excluding hydrogens is 536 g/mol. The van der Waals surface area contributed by atoms with E-state index in [0.29, 0.717) is 37.2 Å². The highest BCUT2D eigenvalue weighted by Crippen LogP contribution is 2.30. The zero-order valence-electron chi connectivity index (χ0n) is 23.4. The molecule has 0 unspecified atom stereocenters. The van der Waals surface area contributed by atoms with Crippen LogP contribution in [0.15, 0.2) is 69.7 Å². The van der Waals surface area contributed by atoms with E-state index in [9.17, 15) is 4.79 Å². The van der Waals surface area contributed by atoms with Crippen LogP contribution in [0, 0.1) is 13.8 Å². The van der Waals surface area contributed by atoms with Crippen molar-refractivity contribution < 1.29 is 28.1 Å². The van der Waals surface area contributed by atoms with E-state index in [-0.39, 0.29) is 19.0 Å². The summed E-state index contributed by atoms with van der Waals surface area (Å²) in [6.45, 7) is 10.8. The summed E-state index contributed by atoms with van der Waals surface area (Å²) in [5, 5.41) is 10.4. The molecular formula is C29H37ClN4O6. The number of carbonyl (C=O) groups is 1. The molecule has 0 radical (unpaired) electrons. The zero-order valence-corrected chi connectivity index (χ0v) is 24.2. The van der Waals surface area contributed by atoms with E-state index in [1.165, 1.54) is 0 Å². The smallest absolute Gasteiger partial charge is 0.407 e. The Morgan fingerprint density at radius 3 is 1.70 bits per heavy atom. The van der Waals surface area contributed by atoms with Crippen LogP contribution in [0.1, 0.15) is 31.9 Å². The molecule has 0 saturated heterocycles. The van der Waals surface area contributed by atoms with Gasteiger partial charge < -0.3 is 34.3 Å². The summed E-state index contributed by atoms with van der Waals surface area (Å²) in [5.41, 5.74) is 8.51. The fraction of sp³-hybridized carbons (Fsp3) is 0.345. The molecule has 1 amide bonds. The molecule has 11 heteroatoms. The van der Waals surface area contributed by atoms with Crippen molar-refractivity contribution in [2.75, 3.05) is 26.3 Å². The van der Waals surface area contributed by atoms with Crippen molar-refractivity contribution in [1.82, 2.24) is 15.6 Å². The summed E-state index contributed by atoms with van der Waals surface area (Å²) >= 11 is 0. The molecule has 0 bridgehead atoms. The number of alkyl carbamates (subject to hydrolysis) is 1. The first kappa shape index (κ1) is 32.2. The predicted molar refractivity (Wildman–Crippen MR) is 155 cm³/mol. The van der Waals surface area contributed by atoms with Crippen LogP contribution in [0.2, 0.25) is 0 Å². The Morgan fingerprint density at radius 1 is 0.825 bits per heavy atom. The Bertz CT molecular complexity index is 1300. The lowest BCUT2D eigenvalue weighted by Crippen LogP contribution is -2.34. The third-order valence-electron chi connectivity index (χ3n) is 5.20. The van der Waals surface area contributed by atoms with E-state index in [1.807, 2.05) is 95.3 Å². The number of hydrogen-bond acceptors (Lipinski definition) is 9. The number of carbonyl (C=O) groups excluding carboxylic acids is 1. The minimum absolute atomic E-state index is 0. The van der Waals surface area contributed by atoms with Crippen LogP contribution < -0.4 is 20.5 Å². The molecule has 0 saturated carbocycles. The van der Waals surface area contributed by atoms with Gasteiger partial charge in [0.05, 0.1) is 17.7 Å². The zero-order chi connectivity index (χ0) is 28.3. The molecule has 2 aromatic carbocycles. The summed E-state index contributed by atoms with van der Waals surface area (Å²) in [5.74, 6) is 2.37. The molecule has 2 heterocycles. The van der Waals surface area contributed by atoms with Crippen molar-refractivity contribution in [2.24, 2.45) is 5.73 Å². The lowest BCUT2D eigenvalue weighted by Gasteiger charge is -2.19. The minimum Gasteiger partial charge on any atom is -0.474 e. The molecule has 0 spiro atoms. The molecule has 4 rings (SSSR count). The number of nitrogens with one attached hydrogen (secondary N) is 1. The van der Waals surface area contributed by atoms with Crippen LogP contribution in [0.5, 0.6) is 11.8 Å². The van der Waals surface area contributed by atoms with E-state index in [4.69, 9.17) is 29.0 Å². The van der Waals surface area contributed by atoms with E-state index in [0.717, 1.165) is 28.0 Å². The van der Waals surface area contributed by atoms with Crippen LogP contribution in [0.25, 0.3) is 22.6 Å². The van der Waals surface area contributed by atoms with Crippen molar-refractivity contribution in [3.63, 3.8) is 0 Å². The first-order valence-corrected chi connectivity index (χ1v) is 12.7. The van der Waals surface area contributed by atoms with Gasteiger partial charge >= 0.3 is 6.09 Å². The topological polar surface area (TPSA) is 135 Å². The number of nitrogens with two attached hydrogens (primary N) is 1. The third kappa shape index (κ3) is 9.62. The van der Waals surface area contributed by atoms with E-state index >= 15 is 0 Å². The highest BCUT2D eigenvalue weighted by Gasteiger charge is 2.17. The normalized spacial score (nSPS) is 10.6. The number of halogens is 1. The van der Waals surface area contributed by atoms with Crippen LogP contribution >= 0.6 is 12.4 Å². The highest BCUT2D eigenvalue weighted by molar-refractivity contribution is 5.85. The van der Waals surface area contributed by atoms with Gasteiger partial charge in [-0.05, 0) is 44.9 Å². The average molecular weight is 573 g/mol. The van der Waals surface area contributed by atoms with Crippen molar-refractivity contribution in [1.29, 1.82) is 0 Å². The minimum atomic E-state index is -0.516. The first-order chi connectivity index (χ1) is 18.7. The number of rotatable bonds is 9. The van der Waals surface area contributed by atoms with Gasteiger partial charge in [-0.3, -0.25) is 0 Å². The lowest BCUT2D eigenvalue weighted by atomic mass is 10.1. The summed E-state index contributed by atoms with van der Waals surface area (Å²) in [4.78, 5) is 11.5. The highest BCUT2D eigenvalue weighted by atomic mass is 35.5. The van der Waals surface area contributed by atoms with Gasteiger partial charge in [-0.15, -0.1) is 12.4 Å². The molecule has 0 aliphatic carbocycles. The van der Waals surface area contributed by atoms with Gasteiger partial charge in [0.25, 0.3) is 11.8 Å². The Kier molecular flexibility index (Phi) is 12.5. The summed E-state index contributed by atoms with van der Waals surface area (Å²) in [6, 6.07) is 19.5. The van der Waals surface area contributed by atoms with E-state index in [2.05, 4.69) is 15.6 Å². The standard InChI is InChI=1S/C17H22N2O4.C12H14N2O2.ClH/c1-12-14(13-8-6-5-7-9-13)23-19-15(12)21-11-10-18-16(20)22-17(2,3)4;1-9-11(10-5-3-2-4-6-10)16-14-12(9)15-8-7-13;/h5-9H,10-11H2,1-4H3,(H,18,20);2-6H,7-8,13H2,1H3;1H. The Hall–Kier alpha value is -4.02. The predicted octanol–water partition coefficient (Wildman–Crippen LogP) is 5.96. The van der Waals surface area contributed by atoms with Crippen molar-refractivity contribution in [3.05, 3.63) is 71.8 Å². The van der Waals surface area contributed by atoms with Crippen molar-refractivity contribution >= 4 is 18.5 Å². The third-order valence-corrected chi connectivity index (χ3v) is 5.20. The summed E-state index contributed by atoms with van der Waals surface area (Å²) < 4.78 is 26.6. The van der Waals surface area contributed by atoms with Gasteiger partial charge in [0.1, 0.15) is 18.8 Å². The number of aromatic nitrogens is 2. The SMILES string of the molecule is Cc1c(OCCN)noc1-c1ccccc1.Cc1c(OCCNC(=O)OC(C)(C)C)noc1-c1ccccc1.Cl. The maximum Gasteiger partial charge on any atom is 0.407 e. The lowest BCUT2D eigenvalue weighted by molar-refractivity contribution is 0.0519. The maximum absolute atomic E-state index is 11.5. The second-order valence-electron chi connectivity index (χ2n) is 9.53. The molecule has 216 valence electrons. The number of ether oxygens (including phenoxy) is 3. The molecule has 0 aliphatic rings. The van der Waals surface area contributed by atoms with Crippen LogP contribution in [-0.2, 0) is 4.74 Å². The van der Waals surface area contributed by atoms with Gasteiger partial charge in [0.15, 0.2) is 11.5 Å². The van der Waals surface area contributed by atoms with Crippen molar-refractivity contribution in [2.45, 2.75) is 40.2 Å². The average Bonchev–Trinajstić information content (AvgIpc) is 3.47. The molecule has 2 aromatic heterocycles. The Balaban J connectivity index is 0.000000290. The van der Waals surface area contributed by atoms with Gasteiger partial charge in [-0.1, -0.05) is 60.7 Å². The number of nitrogens with zero attached hydrogens (tertiary/aromatic N) is 2. The van der Waals surface area contributed by atoms with Crippen LogP contribution in [0.4, 0.5) is 4.79 Å². The van der Waals surface area contributed by atoms with Gasteiger partial charge in [-0.2, -0.15) is 0 Å². The van der Waals surface area contributed by atoms with Crippen LogP contribution in [-0.4, -0.2) is 48.3 Å². The fourth-order valence-corrected chi connectivity index (χ4v) is 3.40. The van der Waals surface area contributed by atoms with Gasteiger partial charge in [-0.25, -0.2) is 4.79 Å².